The summed E-state index contributed by atoms with van der Waals surface area (Å²) in [5, 5.41) is 5.16. The molecule has 0 saturated heterocycles. The fourth-order valence-corrected chi connectivity index (χ4v) is 4.41. The van der Waals surface area contributed by atoms with Gasteiger partial charge in [0.05, 0.1) is 6.04 Å². The van der Waals surface area contributed by atoms with Crippen LogP contribution in [0.2, 0.25) is 5.02 Å². The van der Waals surface area contributed by atoms with E-state index in [1.54, 1.807) is 19.5 Å². The zero-order valence-electron chi connectivity index (χ0n) is 24.1. The van der Waals surface area contributed by atoms with Gasteiger partial charge < -0.3 is 19.9 Å². The largest absolute Gasteiger partial charge is 0.385 e. The third kappa shape index (κ3) is 9.12. The van der Waals surface area contributed by atoms with Gasteiger partial charge in [0.15, 0.2) is 0 Å². The van der Waals surface area contributed by atoms with Gasteiger partial charge in [0.1, 0.15) is 0 Å². The van der Waals surface area contributed by atoms with Gasteiger partial charge in [-0.1, -0.05) is 62.2 Å². The normalized spacial score (nSPS) is 13.5. The van der Waals surface area contributed by atoms with Crippen LogP contribution in [0.1, 0.15) is 62.5 Å². The summed E-state index contributed by atoms with van der Waals surface area (Å²) in [6.45, 7) is 12.7. The zero-order valence-corrected chi connectivity index (χ0v) is 24.9. The molecule has 0 radical (unpaired) electrons. The number of halogens is 1. The molecule has 2 aromatic heterocycles. The van der Waals surface area contributed by atoms with Gasteiger partial charge in [0.2, 0.25) is 6.41 Å². The Morgan fingerprint density at radius 2 is 1.77 bits per heavy atom. The number of H-pyrrole nitrogens is 1. The number of hydrogen-bond acceptors (Lipinski definition) is 4. The predicted octanol–water partition coefficient (Wildman–Crippen LogP) is 7.82. The number of aromatic nitrogens is 2. The number of fused-ring (bicyclic) bond motifs is 3. The summed E-state index contributed by atoms with van der Waals surface area (Å²) in [5.41, 5.74) is 6.93. The van der Waals surface area contributed by atoms with Gasteiger partial charge in [-0.15, -0.1) is 0 Å². The lowest BCUT2D eigenvalue weighted by molar-refractivity contribution is -0.120. The molecule has 0 saturated carbocycles. The number of aromatic amines is 1. The number of rotatable bonds is 6. The van der Waals surface area contributed by atoms with Gasteiger partial charge in [-0.3, -0.25) is 9.78 Å². The second-order valence-electron chi connectivity index (χ2n) is 8.85. The van der Waals surface area contributed by atoms with Gasteiger partial charge >= 0.3 is 0 Å². The maximum absolute atomic E-state index is 11.6. The number of hydrogen-bond donors (Lipinski definition) is 2. The Hall–Kier alpha value is -3.35. The van der Waals surface area contributed by atoms with Gasteiger partial charge in [-0.2, -0.15) is 0 Å². The summed E-state index contributed by atoms with van der Waals surface area (Å²) in [5.74, 6) is 0. The van der Waals surface area contributed by atoms with Crippen LogP contribution in [0.4, 0.5) is 5.69 Å². The first kappa shape index (κ1) is 31.9. The Bertz CT molecular complexity index is 1240. The van der Waals surface area contributed by atoms with Crippen molar-refractivity contribution < 1.29 is 9.53 Å². The summed E-state index contributed by atoms with van der Waals surface area (Å²) in [7, 11) is 1.68. The van der Waals surface area contributed by atoms with Crippen molar-refractivity contribution in [3.63, 3.8) is 0 Å². The predicted molar refractivity (Wildman–Crippen MR) is 165 cm³/mol. The molecule has 6 nitrogen and oxygen atoms in total. The first-order valence-electron chi connectivity index (χ1n) is 13.7. The number of nitrogens with one attached hydrogen (secondary N) is 2. The molecule has 7 heteroatoms. The molecule has 1 aliphatic heterocycles. The number of benzene rings is 2. The molecule has 0 spiro atoms. The Morgan fingerprint density at radius 3 is 2.36 bits per heavy atom. The molecular weight excluding hydrogens is 508 g/mol. The van der Waals surface area contributed by atoms with E-state index in [2.05, 4.69) is 58.1 Å². The Balaban J connectivity index is 0.000000278. The number of anilines is 1. The van der Waals surface area contributed by atoms with Gasteiger partial charge in [0, 0.05) is 66.5 Å². The van der Waals surface area contributed by atoms with Crippen molar-refractivity contribution in [1.29, 1.82) is 0 Å². The van der Waals surface area contributed by atoms with Crippen molar-refractivity contribution in [3.05, 3.63) is 94.4 Å². The van der Waals surface area contributed by atoms with E-state index in [0.29, 0.717) is 6.54 Å². The van der Waals surface area contributed by atoms with E-state index < -0.39 is 0 Å². The molecule has 4 aromatic rings. The number of ether oxygens (including phenoxy) is 1. The van der Waals surface area contributed by atoms with Crippen molar-refractivity contribution in [3.8, 4) is 0 Å². The third-order valence-corrected chi connectivity index (χ3v) is 6.44. The minimum Gasteiger partial charge on any atom is -0.385 e. The highest BCUT2D eigenvalue weighted by atomic mass is 35.5. The maximum Gasteiger partial charge on any atom is 0.210 e. The fourth-order valence-electron chi connectivity index (χ4n) is 4.24. The maximum atomic E-state index is 11.6. The number of carbonyl (C=O) groups excluding carboxylic acids is 1. The summed E-state index contributed by atoms with van der Waals surface area (Å²) < 4.78 is 4.54. The Kier molecular flexibility index (Phi) is 14.1. The van der Waals surface area contributed by atoms with E-state index in [-0.39, 0.29) is 6.04 Å². The summed E-state index contributed by atoms with van der Waals surface area (Å²) in [6.07, 6.45) is 6.53. The molecule has 1 amide bonds. The minimum absolute atomic E-state index is 0.0666. The summed E-state index contributed by atoms with van der Waals surface area (Å²) in [4.78, 5) is 20.9. The van der Waals surface area contributed by atoms with Crippen molar-refractivity contribution in [2.24, 2.45) is 0 Å². The van der Waals surface area contributed by atoms with E-state index in [4.69, 9.17) is 11.6 Å². The lowest BCUT2D eigenvalue weighted by Gasteiger charge is -2.33. The number of amides is 1. The molecule has 39 heavy (non-hydrogen) atoms. The molecule has 0 fully saturated rings. The fraction of sp³-hybridized carbons (Fsp3) is 0.375. The SMILES string of the molecule is CC.CCCNc1ccncc1.CCOC.Cc1ccc(C2c3[nH]c4ccc(Cl)cc4c3CCN2C=O)cc1. The zero-order chi connectivity index (χ0) is 28.6. The average molecular weight is 551 g/mol. The molecule has 0 bridgehead atoms. The van der Waals surface area contributed by atoms with Crippen LogP contribution in [0, 0.1) is 6.92 Å². The molecule has 5 rings (SSSR count). The van der Waals surface area contributed by atoms with Crippen LogP contribution in [-0.2, 0) is 16.0 Å². The average Bonchev–Trinajstić information content (AvgIpc) is 3.36. The molecule has 1 atom stereocenters. The van der Waals surface area contributed by atoms with Crippen LogP contribution in [0.3, 0.4) is 0 Å². The molecule has 1 unspecified atom stereocenters. The number of pyridine rings is 1. The van der Waals surface area contributed by atoms with Crippen molar-refractivity contribution in [2.75, 3.05) is 32.1 Å². The van der Waals surface area contributed by atoms with Gasteiger partial charge in [0.25, 0.3) is 0 Å². The lowest BCUT2D eigenvalue weighted by atomic mass is 9.92. The summed E-state index contributed by atoms with van der Waals surface area (Å²) >= 11 is 6.16. The molecular formula is C32H43ClN4O2. The number of carbonyl (C=O) groups is 1. The number of nitrogens with zero attached hydrogens (tertiary/aromatic N) is 2. The van der Waals surface area contributed by atoms with Crippen molar-refractivity contribution in [2.45, 2.75) is 53.5 Å². The highest BCUT2D eigenvalue weighted by Gasteiger charge is 2.30. The number of methoxy groups -OCH3 is 1. The molecule has 210 valence electrons. The second-order valence-corrected chi connectivity index (χ2v) is 9.29. The third-order valence-electron chi connectivity index (χ3n) is 6.20. The van der Waals surface area contributed by atoms with E-state index in [1.807, 2.05) is 56.0 Å². The molecule has 1 aliphatic rings. The quantitative estimate of drug-likeness (QED) is 0.240. The molecule has 2 aromatic carbocycles. The monoisotopic (exact) mass is 550 g/mol. The molecule has 0 aliphatic carbocycles. The van der Waals surface area contributed by atoms with Gasteiger partial charge in [-0.25, -0.2) is 0 Å². The standard InChI is InChI=1S/C19H17ClN2O.C8H12N2.C3H8O.C2H6/c1-12-2-4-13(5-3-12)19-18-15(8-9-22(19)11-23)16-10-14(20)6-7-17(16)21-18;1-2-5-10-8-3-6-9-7-4-8;1-3-4-2;1-2/h2-7,10-11,19,21H,8-9H2,1H3;3-4,6-7H,2,5H2,1H3,(H,9,10);3H2,1-2H3;1-2H3. The van der Waals surface area contributed by atoms with E-state index >= 15 is 0 Å². The van der Waals surface area contributed by atoms with Crippen molar-refractivity contribution in [1.82, 2.24) is 14.9 Å². The van der Waals surface area contributed by atoms with E-state index in [9.17, 15) is 4.79 Å². The van der Waals surface area contributed by atoms with Crippen LogP contribution in [0.15, 0.2) is 67.0 Å². The van der Waals surface area contributed by atoms with Crippen LogP contribution in [-0.4, -0.2) is 48.1 Å². The molecule has 2 N–H and O–H groups in total. The molecule has 3 heterocycles. The smallest absolute Gasteiger partial charge is 0.210 e. The van der Waals surface area contributed by atoms with Gasteiger partial charge in [-0.05, 0) is 68.1 Å². The topological polar surface area (TPSA) is 70.2 Å². The van der Waals surface area contributed by atoms with E-state index in [0.717, 1.165) is 65.3 Å². The Labute approximate surface area is 238 Å². The lowest BCUT2D eigenvalue weighted by Crippen LogP contribution is -2.34. The second kappa shape index (κ2) is 17.3. The van der Waals surface area contributed by atoms with Crippen LogP contribution < -0.4 is 5.32 Å². The summed E-state index contributed by atoms with van der Waals surface area (Å²) in [6, 6.07) is 18.2. The van der Waals surface area contributed by atoms with Crippen LogP contribution >= 0.6 is 11.6 Å². The highest BCUT2D eigenvalue weighted by molar-refractivity contribution is 6.31. The first-order valence-corrected chi connectivity index (χ1v) is 14.1. The number of aryl methyl sites for hydroxylation is 1. The Morgan fingerprint density at radius 1 is 1.10 bits per heavy atom. The van der Waals surface area contributed by atoms with Crippen LogP contribution in [0.5, 0.6) is 0 Å². The minimum atomic E-state index is -0.0666. The highest BCUT2D eigenvalue weighted by Crippen LogP contribution is 2.38. The van der Waals surface area contributed by atoms with Crippen LogP contribution in [0.25, 0.3) is 10.9 Å². The van der Waals surface area contributed by atoms with Crippen molar-refractivity contribution >= 4 is 34.6 Å². The van der Waals surface area contributed by atoms with E-state index in [1.165, 1.54) is 11.1 Å². The first-order chi connectivity index (χ1) is 19.0.